The highest BCUT2D eigenvalue weighted by molar-refractivity contribution is 5.85. The summed E-state index contributed by atoms with van der Waals surface area (Å²) >= 11 is 0. The van der Waals surface area contributed by atoms with Crippen molar-refractivity contribution in [3.05, 3.63) is 65.2 Å². The van der Waals surface area contributed by atoms with Crippen molar-refractivity contribution in [2.45, 2.75) is 24.9 Å². The molecule has 9 heteroatoms. The Morgan fingerprint density at radius 3 is 2.50 bits per heavy atom. The quantitative estimate of drug-likeness (QED) is 0.723. The number of halogens is 5. The number of ether oxygens (including phenoxy) is 2. The summed E-state index contributed by atoms with van der Waals surface area (Å²) in [5.41, 5.74) is 0.926. The number of hydrogen-bond donors (Lipinski definition) is 1. The van der Waals surface area contributed by atoms with Crippen molar-refractivity contribution in [3.63, 3.8) is 0 Å². The van der Waals surface area contributed by atoms with Gasteiger partial charge in [0.25, 0.3) is 0 Å². The van der Waals surface area contributed by atoms with Gasteiger partial charge in [0, 0.05) is 31.7 Å². The van der Waals surface area contributed by atoms with Crippen LogP contribution in [0.25, 0.3) is 0 Å². The summed E-state index contributed by atoms with van der Waals surface area (Å²) in [6.07, 6.45) is -4.60. The summed E-state index contributed by atoms with van der Waals surface area (Å²) in [5, 5.41) is 3.35. The van der Waals surface area contributed by atoms with Gasteiger partial charge in [-0.15, -0.1) is 24.8 Å². The molecule has 0 aromatic heterocycles. The molecule has 30 heavy (non-hydrogen) atoms. The van der Waals surface area contributed by atoms with Gasteiger partial charge in [-0.25, -0.2) is 0 Å². The number of rotatable bonds is 4. The molecule has 0 amide bonds. The van der Waals surface area contributed by atoms with E-state index >= 15 is 0 Å². The highest BCUT2D eigenvalue weighted by Gasteiger charge is 2.36. The molecule has 1 N–H and O–H groups in total. The first-order valence-corrected chi connectivity index (χ1v) is 9.46. The summed E-state index contributed by atoms with van der Waals surface area (Å²) < 4.78 is 50.9. The topological polar surface area (TPSA) is 33.7 Å². The Labute approximate surface area is 186 Å². The predicted octanol–water partition coefficient (Wildman–Crippen LogP) is 4.47. The molecule has 4 rings (SSSR count). The van der Waals surface area contributed by atoms with E-state index in [2.05, 4.69) is 10.2 Å². The third kappa shape index (κ3) is 5.59. The number of alkyl halides is 3. The molecule has 2 aromatic carbocycles. The third-order valence-electron chi connectivity index (χ3n) is 5.26. The monoisotopic (exact) mass is 464 g/mol. The Hall–Kier alpha value is -1.51. The molecule has 0 saturated carbocycles. The van der Waals surface area contributed by atoms with E-state index in [1.54, 1.807) is 6.07 Å². The Kier molecular flexibility index (Phi) is 8.82. The number of benzene rings is 2. The van der Waals surface area contributed by atoms with E-state index in [-0.39, 0.29) is 43.6 Å². The zero-order valence-electron chi connectivity index (χ0n) is 16.2. The largest absolute Gasteiger partial charge is 0.490 e. The summed E-state index contributed by atoms with van der Waals surface area (Å²) in [4.78, 5) is 2.37. The summed E-state index contributed by atoms with van der Waals surface area (Å²) in [5.74, 6) is 0.852. The number of hydrogen-bond acceptors (Lipinski definition) is 4. The lowest BCUT2D eigenvalue weighted by molar-refractivity contribution is -0.137. The van der Waals surface area contributed by atoms with Crippen molar-refractivity contribution in [2.75, 3.05) is 32.8 Å². The Bertz CT molecular complexity index is 817. The average Bonchev–Trinajstić information content (AvgIpc) is 2.72. The minimum Gasteiger partial charge on any atom is -0.490 e. The van der Waals surface area contributed by atoms with Gasteiger partial charge in [0.05, 0.1) is 18.2 Å². The van der Waals surface area contributed by atoms with Crippen molar-refractivity contribution < 1.29 is 22.6 Å². The lowest BCUT2D eigenvalue weighted by Crippen LogP contribution is -2.51. The molecule has 0 radical (unpaired) electrons. The van der Waals surface area contributed by atoms with Crippen LogP contribution in [0, 0.1) is 0 Å². The van der Waals surface area contributed by atoms with E-state index in [4.69, 9.17) is 9.47 Å². The molecule has 2 aromatic rings. The molecule has 4 nitrogen and oxygen atoms in total. The van der Waals surface area contributed by atoms with Crippen LogP contribution in [-0.4, -0.2) is 43.8 Å². The normalized spacial score (nSPS) is 21.6. The molecule has 1 fully saturated rings. The number of fused-ring (bicyclic) bond motifs is 1. The highest BCUT2D eigenvalue weighted by Crippen LogP contribution is 2.38. The van der Waals surface area contributed by atoms with E-state index in [0.717, 1.165) is 49.6 Å². The molecule has 0 aliphatic carbocycles. The SMILES string of the molecule is Cl.Cl.FC(F)(F)c1cccc(CO[C@@H]2COc3ccccc3[C@H]2N2CCNCC2)c1. The lowest BCUT2D eigenvalue weighted by atomic mass is 9.95. The number of piperazine rings is 1. The Morgan fingerprint density at radius 2 is 1.77 bits per heavy atom. The Morgan fingerprint density at radius 1 is 1.03 bits per heavy atom. The predicted molar refractivity (Wildman–Crippen MR) is 114 cm³/mol. The third-order valence-corrected chi connectivity index (χ3v) is 5.26. The zero-order valence-corrected chi connectivity index (χ0v) is 17.9. The first-order valence-electron chi connectivity index (χ1n) is 9.46. The Balaban J connectivity index is 0.00000160. The van der Waals surface area contributed by atoms with Crippen molar-refractivity contribution in [1.82, 2.24) is 10.2 Å². The number of para-hydroxylation sites is 1. The van der Waals surface area contributed by atoms with Crippen LogP contribution in [0.2, 0.25) is 0 Å². The molecule has 0 spiro atoms. The fourth-order valence-electron chi connectivity index (χ4n) is 3.89. The molecule has 2 atom stereocenters. The van der Waals surface area contributed by atoms with Crippen LogP contribution in [-0.2, 0) is 17.5 Å². The van der Waals surface area contributed by atoms with E-state index < -0.39 is 11.7 Å². The van der Waals surface area contributed by atoms with Gasteiger partial charge in [-0.05, 0) is 23.8 Å². The maximum absolute atomic E-state index is 13.0. The van der Waals surface area contributed by atoms with Gasteiger partial charge in [0.15, 0.2) is 0 Å². The second-order valence-electron chi connectivity index (χ2n) is 7.13. The second-order valence-corrected chi connectivity index (χ2v) is 7.13. The van der Waals surface area contributed by atoms with Crippen LogP contribution in [0.5, 0.6) is 5.75 Å². The standard InChI is InChI=1S/C21H23F3N2O2.2ClH/c22-21(23,24)16-5-3-4-15(12-16)13-27-19-14-28-18-7-2-1-6-17(18)20(19)26-10-8-25-9-11-26;;/h1-7,12,19-20,25H,8-11,13-14H2;2*1H/t19-,20-;;/m1../s1. The van der Waals surface area contributed by atoms with Crippen LogP contribution in [0.3, 0.4) is 0 Å². The average molecular weight is 465 g/mol. The molecule has 0 bridgehead atoms. The van der Waals surface area contributed by atoms with Crippen LogP contribution in [0.1, 0.15) is 22.7 Å². The molecule has 166 valence electrons. The minimum atomic E-state index is -4.35. The molecule has 2 heterocycles. The van der Waals surface area contributed by atoms with Gasteiger partial charge in [-0.1, -0.05) is 30.3 Å². The summed E-state index contributed by atoms with van der Waals surface area (Å²) in [6, 6.07) is 13.2. The van der Waals surface area contributed by atoms with Crippen LogP contribution < -0.4 is 10.1 Å². The first kappa shape index (κ1) is 24.8. The van der Waals surface area contributed by atoms with Crippen LogP contribution in [0.4, 0.5) is 13.2 Å². The smallest absolute Gasteiger partial charge is 0.416 e. The molecular formula is C21H25Cl2F3N2O2. The van der Waals surface area contributed by atoms with Crippen molar-refractivity contribution >= 4 is 24.8 Å². The van der Waals surface area contributed by atoms with Crippen LogP contribution >= 0.6 is 24.8 Å². The van der Waals surface area contributed by atoms with Gasteiger partial charge in [-0.2, -0.15) is 13.2 Å². The molecule has 0 unspecified atom stereocenters. The van der Waals surface area contributed by atoms with Crippen molar-refractivity contribution in [3.8, 4) is 5.75 Å². The van der Waals surface area contributed by atoms with Gasteiger partial charge >= 0.3 is 6.18 Å². The molecule has 2 aliphatic rings. The highest BCUT2D eigenvalue weighted by atomic mass is 35.5. The lowest BCUT2D eigenvalue weighted by Gasteiger charge is -2.42. The van der Waals surface area contributed by atoms with Gasteiger partial charge in [0.1, 0.15) is 18.5 Å². The van der Waals surface area contributed by atoms with Gasteiger partial charge in [-0.3, -0.25) is 4.90 Å². The summed E-state index contributed by atoms with van der Waals surface area (Å²) in [7, 11) is 0. The van der Waals surface area contributed by atoms with Crippen molar-refractivity contribution in [2.24, 2.45) is 0 Å². The minimum absolute atomic E-state index is 0. The molecule has 1 saturated heterocycles. The fraction of sp³-hybridized carbons (Fsp3) is 0.429. The van der Waals surface area contributed by atoms with Crippen LogP contribution in [0.15, 0.2) is 48.5 Å². The van der Waals surface area contributed by atoms with Gasteiger partial charge < -0.3 is 14.8 Å². The van der Waals surface area contributed by atoms with E-state index in [9.17, 15) is 13.2 Å². The molecular weight excluding hydrogens is 440 g/mol. The molecule has 2 aliphatic heterocycles. The second kappa shape index (κ2) is 10.7. The van der Waals surface area contributed by atoms with E-state index in [1.807, 2.05) is 24.3 Å². The zero-order chi connectivity index (χ0) is 19.6. The first-order chi connectivity index (χ1) is 13.5. The maximum atomic E-state index is 13.0. The van der Waals surface area contributed by atoms with E-state index in [0.29, 0.717) is 12.2 Å². The van der Waals surface area contributed by atoms with Gasteiger partial charge in [0.2, 0.25) is 0 Å². The fourth-order valence-corrected chi connectivity index (χ4v) is 3.89. The van der Waals surface area contributed by atoms with Crippen molar-refractivity contribution in [1.29, 1.82) is 0 Å². The maximum Gasteiger partial charge on any atom is 0.416 e. The number of nitrogens with one attached hydrogen (secondary N) is 1. The summed E-state index contributed by atoms with van der Waals surface area (Å²) in [6.45, 7) is 4.08. The number of nitrogens with zero attached hydrogens (tertiary/aromatic N) is 1. The van der Waals surface area contributed by atoms with E-state index in [1.165, 1.54) is 6.07 Å².